The van der Waals surface area contributed by atoms with Crippen LogP contribution in [0, 0.1) is 11.8 Å². The highest BCUT2D eigenvalue weighted by molar-refractivity contribution is 5.71. The molecule has 102 valence electrons. The summed E-state index contributed by atoms with van der Waals surface area (Å²) < 4.78 is 0. The van der Waals surface area contributed by atoms with Gasteiger partial charge in [0.25, 0.3) is 0 Å². The van der Waals surface area contributed by atoms with E-state index in [1.807, 2.05) is 0 Å². The SMILES string of the molecule is CC1CCCC(N2C3CCC2C(C(=O)O)C3)CC1. The number of rotatable bonds is 2. The maximum Gasteiger partial charge on any atom is 0.308 e. The quantitative estimate of drug-likeness (QED) is 0.767. The molecule has 3 fully saturated rings. The van der Waals surface area contributed by atoms with Crippen molar-refractivity contribution >= 4 is 5.97 Å². The zero-order chi connectivity index (χ0) is 12.7. The van der Waals surface area contributed by atoms with Gasteiger partial charge in [-0.2, -0.15) is 0 Å². The average Bonchev–Trinajstić information content (AvgIpc) is 2.84. The Bertz CT molecular complexity index is 330. The van der Waals surface area contributed by atoms with Gasteiger partial charge in [-0.15, -0.1) is 0 Å². The molecule has 5 unspecified atom stereocenters. The standard InChI is InChI=1S/C15H25NO2/c1-10-3-2-4-11(6-5-10)16-12-7-8-14(16)13(9-12)15(17)18/h10-14H,2-9H2,1H3,(H,17,18). The first-order chi connectivity index (χ1) is 8.66. The third-order valence-corrected chi connectivity index (χ3v) is 5.56. The molecule has 0 spiro atoms. The van der Waals surface area contributed by atoms with Gasteiger partial charge in [0.05, 0.1) is 5.92 Å². The second-order valence-corrected chi connectivity index (χ2v) is 6.69. The van der Waals surface area contributed by atoms with Gasteiger partial charge in [0.2, 0.25) is 0 Å². The summed E-state index contributed by atoms with van der Waals surface area (Å²) in [4.78, 5) is 13.9. The smallest absolute Gasteiger partial charge is 0.308 e. The van der Waals surface area contributed by atoms with Gasteiger partial charge in [0.15, 0.2) is 0 Å². The van der Waals surface area contributed by atoms with Crippen molar-refractivity contribution in [3.8, 4) is 0 Å². The fraction of sp³-hybridized carbons (Fsp3) is 0.933. The van der Waals surface area contributed by atoms with Crippen molar-refractivity contribution in [3.05, 3.63) is 0 Å². The zero-order valence-corrected chi connectivity index (χ0v) is 11.3. The van der Waals surface area contributed by atoms with E-state index in [0.29, 0.717) is 18.1 Å². The highest BCUT2D eigenvalue weighted by Gasteiger charge is 2.51. The van der Waals surface area contributed by atoms with E-state index >= 15 is 0 Å². The van der Waals surface area contributed by atoms with Crippen molar-refractivity contribution < 1.29 is 9.90 Å². The normalized spacial score (nSPS) is 45.1. The Morgan fingerprint density at radius 3 is 2.56 bits per heavy atom. The van der Waals surface area contributed by atoms with Crippen LogP contribution in [0.25, 0.3) is 0 Å². The Hall–Kier alpha value is -0.570. The highest BCUT2D eigenvalue weighted by atomic mass is 16.4. The van der Waals surface area contributed by atoms with Crippen molar-refractivity contribution in [3.63, 3.8) is 0 Å². The summed E-state index contributed by atoms with van der Waals surface area (Å²) in [6.07, 6.45) is 9.88. The summed E-state index contributed by atoms with van der Waals surface area (Å²) in [6, 6.07) is 1.61. The predicted octanol–water partition coefficient (Wildman–Crippen LogP) is 2.89. The van der Waals surface area contributed by atoms with Gasteiger partial charge in [-0.3, -0.25) is 9.69 Å². The van der Waals surface area contributed by atoms with Crippen molar-refractivity contribution in [1.82, 2.24) is 4.90 Å². The molecule has 0 aromatic carbocycles. The largest absolute Gasteiger partial charge is 0.481 e. The van der Waals surface area contributed by atoms with E-state index in [2.05, 4.69) is 11.8 Å². The van der Waals surface area contributed by atoms with Gasteiger partial charge in [-0.25, -0.2) is 0 Å². The molecule has 5 atom stereocenters. The first-order valence-electron chi connectivity index (χ1n) is 7.67. The molecule has 3 heteroatoms. The summed E-state index contributed by atoms with van der Waals surface area (Å²) in [5, 5.41) is 9.32. The summed E-state index contributed by atoms with van der Waals surface area (Å²) in [7, 11) is 0. The van der Waals surface area contributed by atoms with Gasteiger partial charge in [0.1, 0.15) is 0 Å². The lowest BCUT2D eigenvalue weighted by Gasteiger charge is -2.32. The van der Waals surface area contributed by atoms with Gasteiger partial charge >= 0.3 is 5.97 Å². The van der Waals surface area contributed by atoms with Gasteiger partial charge in [-0.05, 0) is 44.4 Å². The highest BCUT2D eigenvalue weighted by Crippen LogP contribution is 2.45. The van der Waals surface area contributed by atoms with Crippen LogP contribution in [0.2, 0.25) is 0 Å². The second-order valence-electron chi connectivity index (χ2n) is 6.69. The van der Waals surface area contributed by atoms with Crippen LogP contribution in [-0.2, 0) is 4.79 Å². The minimum atomic E-state index is -0.561. The number of carboxylic acid groups (broad SMARTS) is 1. The average molecular weight is 251 g/mol. The van der Waals surface area contributed by atoms with E-state index in [4.69, 9.17) is 0 Å². The van der Waals surface area contributed by atoms with Crippen LogP contribution in [0.3, 0.4) is 0 Å². The van der Waals surface area contributed by atoms with E-state index < -0.39 is 5.97 Å². The summed E-state index contributed by atoms with van der Waals surface area (Å²) in [6.45, 7) is 2.36. The maximum atomic E-state index is 11.3. The predicted molar refractivity (Wildman–Crippen MR) is 70.4 cm³/mol. The number of aliphatic carboxylic acids is 1. The van der Waals surface area contributed by atoms with Crippen LogP contribution in [0.5, 0.6) is 0 Å². The van der Waals surface area contributed by atoms with Gasteiger partial charge in [-0.1, -0.05) is 19.8 Å². The number of carboxylic acids is 1. The van der Waals surface area contributed by atoms with Crippen molar-refractivity contribution in [2.24, 2.45) is 11.8 Å². The minimum Gasteiger partial charge on any atom is -0.481 e. The lowest BCUT2D eigenvalue weighted by Crippen LogP contribution is -2.40. The first kappa shape index (κ1) is 12.5. The summed E-state index contributed by atoms with van der Waals surface area (Å²) in [5.74, 6) is 0.226. The Morgan fingerprint density at radius 1 is 1.06 bits per heavy atom. The molecule has 1 aliphatic carbocycles. The molecule has 2 heterocycles. The number of hydrogen-bond donors (Lipinski definition) is 1. The molecule has 1 N–H and O–H groups in total. The number of fused-ring (bicyclic) bond motifs is 2. The van der Waals surface area contributed by atoms with Crippen molar-refractivity contribution in [2.75, 3.05) is 0 Å². The molecular formula is C15H25NO2. The Balaban J connectivity index is 1.71. The maximum absolute atomic E-state index is 11.3. The van der Waals surface area contributed by atoms with Crippen LogP contribution in [0.1, 0.15) is 58.3 Å². The molecule has 3 nitrogen and oxygen atoms in total. The molecule has 2 saturated heterocycles. The molecule has 0 aromatic heterocycles. The molecule has 2 bridgehead atoms. The van der Waals surface area contributed by atoms with E-state index in [0.717, 1.165) is 18.8 Å². The van der Waals surface area contributed by atoms with E-state index in [-0.39, 0.29) is 5.92 Å². The third-order valence-electron chi connectivity index (χ3n) is 5.56. The molecule has 0 radical (unpaired) electrons. The number of carbonyl (C=O) groups is 1. The summed E-state index contributed by atoms with van der Waals surface area (Å²) in [5.41, 5.74) is 0. The lowest BCUT2D eigenvalue weighted by atomic mass is 9.89. The molecule has 1 saturated carbocycles. The van der Waals surface area contributed by atoms with Crippen molar-refractivity contribution in [2.45, 2.75) is 76.4 Å². The van der Waals surface area contributed by atoms with Crippen LogP contribution in [-0.4, -0.2) is 34.1 Å². The Kier molecular flexibility index (Phi) is 3.35. The Labute approximate surface area is 110 Å². The molecular weight excluding hydrogens is 226 g/mol. The lowest BCUT2D eigenvalue weighted by molar-refractivity contribution is -0.142. The molecule has 2 aliphatic heterocycles. The summed E-state index contributed by atoms with van der Waals surface area (Å²) >= 11 is 0. The molecule has 3 rings (SSSR count). The number of nitrogens with zero attached hydrogens (tertiary/aromatic N) is 1. The van der Waals surface area contributed by atoms with Gasteiger partial charge in [0, 0.05) is 18.1 Å². The first-order valence-corrected chi connectivity index (χ1v) is 7.67. The Morgan fingerprint density at radius 2 is 1.83 bits per heavy atom. The fourth-order valence-corrected chi connectivity index (χ4v) is 4.63. The molecule has 0 amide bonds. The number of hydrogen-bond acceptors (Lipinski definition) is 2. The van der Waals surface area contributed by atoms with Gasteiger partial charge < -0.3 is 5.11 Å². The van der Waals surface area contributed by atoms with Crippen molar-refractivity contribution in [1.29, 1.82) is 0 Å². The molecule has 0 aromatic rings. The minimum absolute atomic E-state index is 0.0792. The van der Waals surface area contributed by atoms with Crippen LogP contribution < -0.4 is 0 Å². The zero-order valence-electron chi connectivity index (χ0n) is 11.3. The molecule has 3 aliphatic rings. The van der Waals surface area contributed by atoms with Crippen LogP contribution in [0.4, 0.5) is 0 Å². The van der Waals surface area contributed by atoms with Crippen LogP contribution in [0.15, 0.2) is 0 Å². The molecule has 18 heavy (non-hydrogen) atoms. The topological polar surface area (TPSA) is 40.5 Å². The van der Waals surface area contributed by atoms with Crippen LogP contribution >= 0.6 is 0 Å². The fourth-order valence-electron chi connectivity index (χ4n) is 4.63. The van der Waals surface area contributed by atoms with E-state index in [9.17, 15) is 9.90 Å². The monoisotopic (exact) mass is 251 g/mol. The van der Waals surface area contributed by atoms with E-state index in [1.165, 1.54) is 38.5 Å². The second kappa shape index (κ2) is 4.84. The van der Waals surface area contributed by atoms with E-state index in [1.54, 1.807) is 0 Å². The third kappa shape index (κ3) is 2.07.